The highest BCUT2D eigenvalue weighted by atomic mass is 79.9. The molecule has 0 unspecified atom stereocenters. The molecule has 0 N–H and O–H groups in total. The van der Waals surface area contributed by atoms with Crippen LogP contribution in [-0.2, 0) is 4.74 Å². The zero-order chi connectivity index (χ0) is 8.27. The highest BCUT2D eigenvalue weighted by Crippen LogP contribution is 2.15. The largest absolute Gasteiger partial charge is 0.465 e. The normalized spacial score (nSPS) is 9.27. The maximum Gasteiger partial charge on any atom is 0.339 e. The third kappa shape index (κ3) is 1.80. The predicted molar refractivity (Wildman–Crippen MR) is 44.3 cm³/mol. The van der Waals surface area contributed by atoms with Gasteiger partial charge in [0.25, 0.3) is 0 Å². The molecule has 0 heterocycles. The molecule has 0 saturated carbocycles. The molecule has 57 valence electrons. The number of carbonyl (C=O) groups excluding carboxylic acids is 1. The number of hydrogen-bond donors (Lipinski definition) is 0. The molecular formula is C8H6BrO2. The number of esters is 1. The molecule has 0 bridgehead atoms. The van der Waals surface area contributed by atoms with E-state index in [4.69, 9.17) is 0 Å². The van der Waals surface area contributed by atoms with E-state index in [1.165, 1.54) is 7.11 Å². The Morgan fingerprint density at radius 3 is 3.00 bits per heavy atom. The van der Waals surface area contributed by atoms with Crippen LogP contribution in [0.5, 0.6) is 0 Å². The van der Waals surface area contributed by atoms with Crippen LogP contribution in [0.25, 0.3) is 0 Å². The van der Waals surface area contributed by atoms with Crippen molar-refractivity contribution in [1.82, 2.24) is 0 Å². The summed E-state index contributed by atoms with van der Waals surface area (Å²) in [4.78, 5) is 11.0. The molecule has 1 radical (unpaired) electrons. The summed E-state index contributed by atoms with van der Waals surface area (Å²) in [7, 11) is 1.35. The van der Waals surface area contributed by atoms with Crippen molar-refractivity contribution >= 4 is 21.9 Å². The Labute approximate surface area is 73.3 Å². The first kappa shape index (κ1) is 8.27. The maximum absolute atomic E-state index is 11.0. The van der Waals surface area contributed by atoms with E-state index in [1.807, 2.05) is 0 Å². The SMILES string of the molecule is COC(=O)c1cc[c]cc1Br. The van der Waals surface area contributed by atoms with Gasteiger partial charge in [-0.2, -0.15) is 0 Å². The van der Waals surface area contributed by atoms with Crippen LogP contribution in [0.4, 0.5) is 0 Å². The lowest BCUT2D eigenvalue weighted by Crippen LogP contribution is -2.01. The molecule has 0 aliphatic rings. The zero-order valence-corrected chi connectivity index (χ0v) is 7.51. The second kappa shape index (κ2) is 3.53. The van der Waals surface area contributed by atoms with Crippen molar-refractivity contribution in [3.8, 4) is 0 Å². The Morgan fingerprint density at radius 2 is 2.45 bits per heavy atom. The van der Waals surface area contributed by atoms with E-state index in [9.17, 15) is 4.79 Å². The molecule has 0 aliphatic heterocycles. The molecule has 0 aromatic heterocycles. The van der Waals surface area contributed by atoms with Crippen molar-refractivity contribution in [2.24, 2.45) is 0 Å². The smallest absolute Gasteiger partial charge is 0.339 e. The fourth-order valence-corrected chi connectivity index (χ4v) is 1.11. The Kier molecular flexibility index (Phi) is 2.65. The fraction of sp³-hybridized carbons (Fsp3) is 0.125. The molecule has 1 aromatic rings. The molecule has 0 fully saturated rings. The maximum atomic E-state index is 11.0. The number of ether oxygens (including phenoxy) is 1. The fourth-order valence-electron chi connectivity index (χ4n) is 0.686. The van der Waals surface area contributed by atoms with Gasteiger partial charge in [-0.05, 0) is 34.1 Å². The van der Waals surface area contributed by atoms with Gasteiger partial charge < -0.3 is 4.74 Å². The third-order valence-electron chi connectivity index (χ3n) is 1.22. The topological polar surface area (TPSA) is 26.3 Å². The molecule has 1 aromatic carbocycles. The molecular weight excluding hydrogens is 208 g/mol. The van der Waals surface area contributed by atoms with Crippen LogP contribution in [0.3, 0.4) is 0 Å². The molecule has 3 heteroatoms. The lowest BCUT2D eigenvalue weighted by molar-refractivity contribution is 0.0599. The Morgan fingerprint density at radius 1 is 1.73 bits per heavy atom. The summed E-state index contributed by atoms with van der Waals surface area (Å²) in [6.07, 6.45) is 0. The molecule has 1 rings (SSSR count). The highest BCUT2D eigenvalue weighted by molar-refractivity contribution is 9.10. The zero-order valence-electron chi connectivity index (χ0n) is 5.93. The Bertz CT molecular complexity index is 271. The number of carbonyl (C=O) groups is 1. The summed E-state index contributed by atoms with van der Waals surface area (Å²) in [5.74, 6) is -0.342. The number of benzene rings is 1. The van der Waals surface area contributed by atoms with Gasteiger partial charge in [0.15, 0.2) is 0 Å². The standard InChI is InChI=1S/C8H6BrO2/c1-11-8(10)6-4-2-3-5-7(6)9/h2,4-5H,1H3. The Balaban J connectivity index is 3.03. The number of rotatable bonds is 1. The third-order valence-corrected chi connectivity index (χ3v) is 1.87. The minimum atomic E-state index is -0.342. The summed E-state index contributed by atoms with van der Waals surface area (Å²) in [5, 5.41) is 0. The summed E-state index contributed by atoms with van der Waals surface area (Å²) >= 11 is 3.21. The molecule has 0 saturated heterocycles. The van der Waals surface area contributed by atoms with E-state index in [1.54, 1.807) is 18.2 Å². The first-order chi connectivity index (χ1) is 5.25. The summed E-state index contributed by atoms with van der Waals surface area (Å²) in [6, 6.07) is 7.81. The lowest BCUT2D eigenvalue weighted by atomic mass is 10.2. The molecule has 0 atom stereocenters. The van der Waals surface area contributed by atoms with Crippen LogP contribution in [0, 0.1) is 6.07 Å². The van der Waals surface area contributed by atoms with E-state index in [-0.39, 0.29) is 5.97 Å². The predicted octanol–water partition coefficient (Wildman–Crippen LogP) is 2.04. The van der Waals surface area contributed by atoms with E-state index in [0.717, 1.165) is 0 Å². The van der Waals surface area contributed by atoms with Gasteiger partial charge in [-0.3, -0.25) is 0 Å². The van der Waals surface area contributed by atoms with E-state index < -0.39 is 0 Å². The van der Waals surface area contributed by atoms with Gasteiger partial charge in [-0.1, -0.05) is 6.07 Å². The van der Waals surface area contributed by atoms with E-state index in [0.29, 0.717) is 10.0 Å². The van der Waals surface area contributed by atoms with Gasteiger partial charge in [0, 0.05) is 4.47 Å². The van der Waals surface area contributed by atoms with Crippen LogP contribution < -0.4 is 0 Å². The van der Waals surface area contributed by atoms with Gasteiger partial charge in [-0.25, -0.2) is 4.79 Å². The first-order valence-electron chi connectivity index (χ1n) is 2.99. The van der Waals surface area contributed by atoms with E-state index >= 15 is 0 Å². The van der Waals surface area contributed by atoms with E-state index in [2.05, 4.69) is 26.7 Å². The summed E-state index contributed by atoms with van der Waals surface area (Å²) < 4.78 is 5.24. The number of halogens is 1. The first-order valence-corrected chi connectivity index (χ1v) is 3.79. The van der Waals surface area contributed by atoms with Crippen LogP contribution in [-0.4, -0.2) is 13.1 Å². The molecule has 2 nitrogen and oxygen atoms in total. The van der Waals surface area contributed by atoms with Crippen molar-refractivity contribution in [3.63, 3.8) is 0 Å². The molecule has 0 aliphatic carbocycles. The number of hydrogen-bond acceptors (Lipinski definition) is 2. The summed E-state index contributed by atoms with van der Waals surface area (Å²) in [5.41, 5.74) is 0.520. The van der Waals surface area contributed by atoms with Crippen molar-refractivity contribution < 1.29 is 9.53 Å². The average Bonchev–Trinajstić information content (AvgIpc) is 2.04. The molecule has 11 heavy (non-hydrogen) atoms. The van der Waals surface area contributed by atoms with Crippen molar-refractivity contribution in [2.75, 3.05) is 7.11 Å². The van der Waals surface area contributed by atoms with Crippen molar-refractivity contribution in [3.05, 3.63) is 34.3 Å². The van der Waals surface area contributed by atoms with Gasteiger partial charge in [0.1, 0.15) is 0 Å². The van der Waals surface area contributed by atoms with Crippen molar-refractivity contribution in [1.29, 1.82) is 0 Å². The monoisotopic (exact) mass is 213 g/mol. The molecule has 0 spiro atoms. The minimum Gasteiger partial charge on any atom is -0.465 e. The Hall–Kier alpha value is -0.830. The second-order valence-corrected chi connectivity index (χ2v) is 2.75. The van der Waals surface area contributed by atoms with Crippen molar-refractivity contribution in [2.45, 2.75) is 0 Å². The van der Waals surface area contributed by atoms with Crippen LogP contribution in [0.1, 0.15) is 10.4 Å². The van der Waals surface area contributed by atoms with Gasteiger partial charge in [0.05, 0.1) is 12.7 Å². The number of methoxy groups -OCH3 is 1. The van der Waals surface area contributed by atoms with Crippen LogP contribution in [0.2, 0.25) is 0 Å². The van der Waals surface area contributed by atoms with Gasteiger partial charge in [0.2, 0.25) is 0 Å². The van der Waals surface area contributed by atoms with Gasteiger partial charge >= 0.3 is 5.97 Å². The highest BCUT2D eigenvalue weighted by Gasteiger charge is 2.07. The minimum absolute atomic E-state index is 0.342. The average molecular weight is 214 g/mol. The quantitative estimate of drug-likeness (QED) is 0.668. The lowest BCUT2D eigenvalue weighted by Gasteiger charge is -1.99. The van der Waals surface area contributed by atoms with Crippen LogP contribution >= 0.6 is 15.9 Å². The van der Waals surface area contributed by atoms with Crippen LogP contribution in [0.15, 0.2) is 22.7 Å². The second-order valence-electron chi connectivity index (χ2n) is 1.90. The summed E-state index contributed by atoms with van der Waals surface area (Å²) in [6.45, 7) is 0. The van der Waals surface area contributed by atoms with Gasteiger partial charge in [-0.15, -0.1) is 0 Å². The molecule has 0 amide bonds.